The van der Waals surface area contributed by atoms with Gasteiger partial charge in [0.25, 0.3) is 0 Å². The second kappa shape index (κ2) is 7.06. The summed E-state index contributed by atoms with van der Waals surface area (Å²) in [6, 6.07) is 2.33. The number of carboxylic acids is 1. The molecule has 132 valence electrons. The first-order valence-corrected chi connectivity index (χ1v) is 7.49. The summed E-state index contributed by atoms with van der Waals surface area (Å²) in [4.78, 5) is 28.1. The van der Waals surface area contributed by atoms with E-state index in [9.17, 15) is 22.8 Å². The highest BCUT2D eigenvalue weighted by atomic mass is 19.4. The Kier molecular flexibility index (Phi) is 5.30. The molecule has 0 aromatic carbocycles. The van der Waals surface area contributed by atoms with E-state index in [1.807, 2.05) is 6.92 Å². The standard InChI is InChI=1S/C15H18F3N3O3/c1-2-12(9-3-5-19-6-4-9)20-14(24)21-7-10(13(22)23)11(8-21)15(16,17)18/h3-6,10-12H,2,7-8H2,1H3,(H,20,24)(H,22,23)/t10-,11-,12?/m1/s1. The number of halogens is 3. The van der Waals surface area contributed by atoms with Gasteiger partial charge in [-0.3, -0.25) is 9.78 Å². The molecule has 3 atom stereocenters. The topological polar surface area (TPSA) is 82.5 Å². The predicted octanol–water partition coefficient (Wildman–Crippen LogP) is 2.44. The molecule has 24 heavy (non-hydrogen) atoms. The largest absolute Gasteiger partial charge is 0.481 e. The fraction of sp³-hybridized carbons (Fsp3) is 0.533. The highest BCUT2D eigenvalue weighted by molar-refractivity contribution is 5.78. The van der Waals surface area contributed by atoms with Gasteiger partial charge in [0.2, 0.25) is 0 Å². The molecule has 0 aliphatic carbocycles. The van der Waals surface area contributed by atoms with Crippen molar-refractivity contribution in [3.8, 4) is 0 Å². The van der Waals surface area contributed by atoms with E-state index < -0.39 is 43.1 Å². The number of rotatable bonds is 4. The van der Waals surface area contributed by atoms with Crippen molar-refractivity contribution in [3.05, 3.63) is 30.1 Å². The van der Waals surface area contributed by atoms with E-state index >= 15 is 0 Å². The summed E-state index contributed by atoms with van der Waals surface area (Å²) in [6.07, 6.45) is -1.01. The maximum atomic E-state index is 13.0. The summed E-state index contributed by atoms with van der Waals surface area (Å²) in [5.74, 6) is -5.24. The monoisotopic (exact) mass is 345 g/mol. The molecule has 2 rings (SSSR count). The lowest BCUT2D eigenvalue weighted by Crippen LogP contribution is -2.41. The van der Waals surface area contributed by atoms with Gasteiger partial charge < -0.3 is 15.3 Å². The fourth-order valence-electron chi connectivity index (χ4n) is 2.81. The fourth-order valence-corrected chi connectivity index (χ4v) is 2.81. The number of urea groups is 1. The van der Waals surface area contributed by atoms with Crippen molar-refractivity contribution in [2.75, 3.05) is 13.1 Å². The van der Waals surface area contributed by atoms with Crippen molar-refractivity contribution in [1.82, 2.24) is 15.2 Å². The van der Waals surface area contributed by atoms with Crippen LogP contribution in [0, 0.1) is 11.8 Å². The van der Waals surface area contributed by atoms with Crippen molar-refractivity contribution in [2.24, 2.45) is 11.8 Å². The lowest BCUT2D eigenvalue weighted by molar-refractivity contribution is -0.187. The molecule has 0 radical (unpaired) electrons. The molecular formula is C15H18F3N3O3. The molecule has 1 unspecified atom stereocenters. The van der Waals surface area contributed by atoms with E-state index in [1.54, 1.807) is 24.5 Å². The average Bonchev–Trinajstić information content (AvgIpc) is 2.99. The van der Waals surface area contributed by atoms with Crippen LogP contribution in [0.5, 0.6) is 0 Å². The van der Waals surface area contributed by atoms with Gasteiger partial charge in [-0.25, -0.2) is 4.79 Å². The van der Waals surface area contributed by atoms with E-state index in [-0.39, 0.29) is 6.04 Å². The average molecular weight is 345 g/mol. The van der Waals surface area contributed by atoms with Crippen LogP contribution in [0.4, 0.5) is 18.0 Å². The maximum absolute atomic E-state index is 13.0. The molecule has 1 aliphatic heterocycles. The molecule has 2 amide bonds. The highest BCUT2D eigenvalue weighted by Crippen LogP contribution is 2.37. The number of hydrogen-bond acceptors (Lipinski definition) is 3. The Morgan fingerprint density at radius 1 is 1.38 bits per heavy atom. The number of carboxylic acid groups (broad SMARTS) is 1. The van der Waals surface area contributed by atoms with Crippen molar-refractivity contribution in [3.63, 3.8) is 0 Å². The van der Waals surface area contributed by atoms with Gasteiger partial charge in [-0.2, -0.15) is 13.2 Å². The van der Waals surface area contributed by atoms with Crippen LogP contribution in [-0.2, 0) is 4.79 Å². The third-order valence-electron chi connectivity index (χ3n) is 4.16. The van der Waals surface area contributed by atoms with Gasteiger partial charge in [-0.15, -0.1) is 0 Å². The SMILES string of the molecule is CCC(NC(=O)N1C[C@@H](C(F)(F)F)[C@H](C(=O)O)C1)c1ccncc1. The smallest absolute Gasteiger partial charge is 0.394 e. The first-order chi connectivity index (χ1) is 11.2. The number of carbonyl (C=O) groups is 2. The predicted molar refractivity (Wildman–Crippen MR) is 78.0 cm³/mol. The van der Waals surface area contributed by atoms with E-state index in [1.165, 1.54) is 0 Å². The van der Waals surface area contributed by atoms with Gasteiger partial charge >= 0.3 is 18.2 Å². The zero-order chi connectivity index (χ0) is 17.9. The third-order valence-corrected chi connectivity index (χ3v) is 4.16. The van der Waals surface area contributed by atoms with Crippen molar-refractivity contribution < 1.29 is 27.9 Å². The molecule has 9 heteroatoms. The van der Waals surface area contributed by atoms with E-state index in [4.69, 9.17) is 5.11 Å². The molecule has 1 saturated heterocycles. The van der Waals surface area contributed by atoms with Crippen LogP contribution in [0.1, 0.15) is 24.9 Å². The Balaban J connectivity index is 2.08. The molecule has 0 bridgehead atoms. The van der Waals surface area contributed by atoms with Crippen molar-refractivity contribution in [1.29, 1.82) is 0 Å². The second-order valence-corrected chi connectivity index (χ2v) is 5.69. The number of aliphatic carboxylic acids is 1. The molecule has 2 heterocycles. The van der Waals surface area contributed by atoms with Crippen LogP contribution in [-0.4, -0.2) is 46.3 Å². The normalized spacial score (nSPS) is 22.2. The summed E-state index contributed by atoms with van der Waals surface area (Å²) in [5, 5.41) is 11.6. The number of nitrogens with zero attached hydrogens (tertiary/aromatic N) is 2. The number of nitrogens with one attached hydrogen (secondary N) is 1. The zero-order valence-electron chi connectivity index (χ0n) is 13.0. The van der Waals surface area contributed by atoms with Gasteiger partial charge in [0, 0.05) is 25.5 Å². The molecule has 6 nitrogen and oxygen atoms in total. The molecule has 2 N–H and O–H groups in total. The number of carbonyl (C=O) groups excluding carboxylic acids is 1. The van der Waals surface area contributed by atoms with E-state index in [0.29, 0.717) is 6.42 Å². The first kappa shape index (κ1) is 18.0. The number of pyridine rings is 1. The molecule has 1 aromatic heterocycles. The Bertz CT molecular complexity index is 595. The van der Waals surface area contributed by atoms with Crippen LogP contribution < -0.4 is 5.32 Å². The molecular weight excluding hydrogens is 327 g/mol. The number of aromatic nitrogens is 1. The van der Waals surface area contributed by atoms with Gasteiger partial charge in [-0.05, 0) is 24.1 Å². The van der Waals surface area contributed by atoms with Crippen molar-refractivity contribution >= 4 is 12.0 Å². The van der Waals surface area contributed by atoms with E-state index in [0.717, 1.165) is 10.5 Å². The van der Waals surface area contributed by atoms with Crippen LogP contribution in [0.15, 0.2) is 24.5 Å². The Hall–Kier alpha value is -2.32. The lowest BCUT2D eigenvalue weighted by atomic mass is 9.96. The number of alkyl halides is 3. The number of amides is 2. The summed E-state index contributed by atoms with van der Waals surface area (Å²) in [5.41, 5.74) is 0.780. The van der Waals surface area contributed by atoms with Crippen molar-refractivity contribution in [2.45, 2.75) is 25.6 Å². The summed E-state index contributed by atoms with van der Waals surface area (Å²) in [6.45, 7) is 0.713. The third kappa shape index (κ3) is 3.95. The van der Waals surface area contributed by atoms with Gasteiger partial charge in [0.1, 0.15) is 0 Å². The molecule has 0 saturated carbocycles. The maximum Gasteiger partial charge on any atom is 0.394 e. The van der Waals surface area contributed by atoms with Gasteiger partial charge in [0.05, 0.1) is 17.9 Å². The Morgan fingerprint density at radius 2 is 2.00 bits per heavy atom. The highest BCUT2D eigenvalue weighted by Gasteiger charge is 2.53. The quantitative estimate of drug-likeness (QED) is 0.878. The van der Waals surface area contributed by atoms with Crippen LogP contribution in [0.3, 0.4) is 0 Å². The Labute approximate surface area is 136 Å². The second-order valence-electron chi connectivity index (χ2n) is 5.69. The summed E-state index contributed by atoms with van der Waals surface area (Å²) in [7, 11) is 0. The van der Waals surface area contributed by atoms with Gasteiger partial charge in [0.15, 0.2) is 0 Å². The Morgan fingerprint density at radius 3 is 2.46 bits per heavy atom. The minimum absolute atomic E-state index is 0.381. The van der Waals surface area contributed by atoms with Gasteiger partial charge in [-0.1, -0.05) is 6.92 Å². The van der Waals surface area contributed by atoms with Crippen LogP contribution in [0.2, 0.25) is 0 Å². The van der Waals surface area contributed by atoms with Crippen LogP contribution >= 0.6 is 0 Å². The minimum atomic E-state index is -4.66. The molecule has 0 spiro atoms. The summed E-state index contributed by atoms with van der Waals surface area (Å²) >= 11 is 0. The molecule has 1 aliphatic rings. The summed E-state index contributed by atoms with van der Waals surface area (Å²) < 4.78 is 38.9. The lowest BCUT2D eigenvalue weighted by Gasteiger charge is -2.23. The van der Waals surface area contributed by atoms with E-state index in [2.05, 4.69) is 10.3 Å². The molecule has 1 aromatic rings. The number of hydrogen-bond donors (Lipinski definition) is 2. The zero-order valence-corrected chi connectivity index (χ0v) is 13.0. The molecule has 1 fully saturated rings. The van der Waals surface area contributed by atoms with Crippen LogP contribution in [0.25, 0.3) is 0 Å². The minimum Gasteiger partial charge on any atom is -0.481 e. The number of likely N-dealkylation sites (tertiary alicyclic amines) is 1. The first-order valence-electron chi connectivity index (χ1n) is 7.49.